The van der Waals surface area contributed by atoms with Gasteiger partial charge in [0.15, 0.2) is 0 Å². The number of hydrogen-bond donors (Lipinski definition) is 0. The van der Waals surface area contributed by atoms with Gasteiger partial charge >= 0.3 is 21.0 Å². The Labute approximate surface area is 115 Å². The molecule has 0 aromatic carbocycles. The van der Waals surface area contributed by atoms with Gasteiger partial charge in [0, 0.05) is 0 Å². The molecule has 0 atom stereocenters. The van der Waals surface area contributed by atoms with Crippen LogP contribution in [0.3, 0.4) is 0 Å². The van der Waals surface area contributed by atoms with Gasteiger partial charge in [-0.05, 0) is 0 Å². The summed E-state index contributed by atoms with van der Waals surface area (Å²) < 4.78 is 8.19. The first-order chi connectivity index (χ1) is 7.50. The van der Waals surface area contributed by atoms with Gasteiger partial charge in [-0.1, -0.05) is 41.5 Å². The third-order valence-corrected chi connectivity index (χ3v) is 0.586. The zero-order valence-electron chi connectivity index (χ0n) is 11.6. The summed E-state index contributed by atoms with van der Waals surface area (Å²) in [6.45, 7) is 9.79. The van der Waals surface area contributed by atoms with E-state index in [1.807, 2.05) is 12.2 Å². The monoisotopic (exact) mass is 278 g/mol. The van der Waals surface area contributed by atoms with Crippen LogP contribution in [-0.2, 0) is 21.0 Å². The Bertz CT molecular complexity index is 176. The van der Waals surface area contributed by atoms with E-state index in [-0.39, 0.29) is 0 Å². The van der Waals surface area contributed by atoms with Gasteiger partial charge in [0.2, 0.25) is 0 Å². The van der Waals surface area contributed by atoms with Crippen LogP contribution in [0.25, 0.3) is 0 Å². The van der Waals surface area contributed by atoms with Crippen LogP contribution in [0.2, 0.25) is 0 Å². The molecule has 4 heteroatoms. The van der Waals surface area contributed by atoms with E-state index in [2.05, 4.69) is 12.2 Å². The van der Waals surface area contributed by atoms with E-state index < -0.39 is 11.2 Å². The molecule has 0 heterocycles. The first kappa shape index (κ1) is 22.0. The molecule has 0 bridgehead atoms. The van der Waals surface area contributed by atoms with Gasteiger partial charge in [0.1, 0.15) is 0 Å². The molecule has 0 spiro atoms. The summed E-state index contributed by atoms with van der Waals surface area (Å²) in [5.74, 6) is 0. The van der Waals surface area contributed by atoms with E-state index in [9.17, 15) is 10.2 Å². The van der Waals surface area contributed by atoms with Crippen molar-refractivity contribution in [2.45, 2.75) is 59.2 Å². The summed E-state index contributed by atoms with van der Waals surface area (Å²) in [7, 11) is 0. The van der Waals surface area contributed by atoms with Gasteiger partial charge in [-0.3, -0.25) is 6.08 Å². The Morgan fingerprint density at radius 1 is 1.00 bits per heavy atom. The summed E-state index contributed by atoms with van der Waals surface area (Å²) in [6.07, 6.45) is 10.0. The molecule has 0 N–H and O–H groups in total. The van der Waals surface area contributed by atoms with Crippen LogP contribution in [0.15, 0.2) is 18.2 Å². The van der Waals surface area contributed by atoms with E-state index in [0.717, 1.165) is 23.8 Å². The molecule has 1 aliphatic carbocycles. The normalized spacial score (nSPS) is 12.6. The van der Waals surface area contributed by atoms with Crippen LogP contribution in [0.4, 0.5) is 0 Å². The summed E-state index contributed by atoms with van der Waals surface area (Å²) in [4.78, 5) is 0. The molecule has 0 radical (unpaired) electrons. The fourth-order valence-corrected chi connectivity index (χ4v) is 0.340. The van der Waals surface area contributed by atoms with Crippen molar-refractivity contribution in [3.8, 4) is 0 Å². The summed E-state index contributed by atoms with van der Waals surface area (Å²) in [6, 6.07) is 0. The average molecular weight is 278 g/mol. The average Bonchev–Trinajstić information content (AvgIpc) is 2.56. The SMILES string of the molecule is CC(C)(C)[O-].CC(C)(C)[O-].[C-]1=CC=CC1.[O]=[V+2]. The molecule has 0 unspecified atom stereocenters. The van der Waals surface area contributed by atoms with Crippen LogP contribution >= 0.6 is 0 Å². The predicted octanol–water partition coefficient (Wildman–Crippen LogP) is 1.47. The van der Waals surface area contributed by atoms with Gasteiger partial charge in [-0.15, -0.1) is 17.6 Å². The summed E-state index contributed by atoms with van der Waals surface area (Å²) in [5.41, 5.74) is -1.50. The molecule has 1 aliphatic rings. The molecule has 0 aliphatic heterocycles. The van der Waals surface area contributed by atoms with Gasteiger partial charge in [-0.25, -0.2) is 12.2 Å². The van der Waals surface area contributed by atoms with Crippen molar-refractivity contribution in [3.63, 3.8) is 0 Å². The molecule has 0 fully saturated rings. The maximum atomic E-state index is 10.1. The minimum absolute atomic E-state index is 0.750. The maximum absolute atomic E-state index is 10.1. The van der Waals surface area contributed by atoms with Gasteiger partial charge in [0.25, 0.3) is 0 Å². The second-order valence-corrected chi connectivity index (χ2v) is 5.23. The molecule has 0 saturated heterocycles. The van der Waals surface area contributed by atoms with Crippen molar-refractivity contribution in [3.05, 3.63) is 24.3 Å². The predicted molar refractivity (Wildman–Crippen MR) is 61.8 cm³/mol. The van der Waals surface area contributed by atoms with Crippen LogP contribution in [0.1, 0.15) is 48.0 Å². The number of rotatable bonds is 0. The standard InChI is InChI=1S/C5H5.2C4H9O.O.V/c1-2-4-5-3-1;2*1-4(2,3)5;;/h1-3H,4H2;2*1-3H3;;/q3*-1;;+2. The number of allylic oxidation sites excluding steroid dienone is 4. The fraction of sp³-hybridized carbons (Fsp3) is 0.692. The van der Waals surface area contributed by atoms with Crippen molar-refractivity contribution in [2.75, 3.05) is 0 Å². The Morgan fingerprint density at radius 3 is 1.35 bits per heavy atom. The van der Waals surface area contributed by atoms with E-state index in [1.165, 1.54) is 0 Å². The third-order valence-electron chi connectivity index (χ3n) is 0.586. The molecule has 3 nitrogen and oxygen atoms in total. The molecular weight excluding hydrogens is 255 g/mol. The summed E-state index contributed by atoms with van der Waals surface area (Å²) >= 11 is 1.06. The fourth-order valence-electron chi connectivity index (χ4n) is 0.340. The van der Waals surface area contributed by atoms with Crippen LogP contribution in [-0.4, -0.2) is 11.2 Å². The molecule has 99 valence electrons. The molecule has 17 heavy (non-hydrogen) atoms. The zero-order chi connectivity index (χ0) is 14.5. The van der Waals surface area contributed by atoms with Crippen LogP contribution < -0.4 is 10.2 Å². The molecule has 0 aromatic heterocycles. The molecular formula is C13H23O3V-. The third kappa shape index (κ3) is 131. The first-order valence-corrected chi connectivity index (χ1v) is 5.88. The quantitative estimate of drug-likeness (QED) is 0.630. The zero-order valence-corrected chi connectivity index (χ0v) is 13.0. The summed E-state index contributed by atoms with van der Waals surface area (Å²) in [5, 5.41) is 20.2. The van der Waals surface area contributed by atoms with E-state index in [4.69, 9.17) is 3.67 Å². The van der Waals surface area contributed by atoms with Crippen LogP contribution in [0.5, 0.6) is 0 Å². The van der Waals surface area contributed by atoms with Crippen LogP contribution in [0, 0.1) is 6.08 Å². The Balaban J connectivity index is -0.000000161. The Kier molecular flexibility index (Phi) is 15.9. The van der Waals surface area contributed by atoms with Crippen molar-refractivity contribution in [2.24, 2.45) is 0 Å². The molecule has 0 saturated carbocycles. The van der Waals surface area contributed by atoms with Crippen molar-refractivity contribution < 1.29 is 31.3 Å². The van der Waals surface area contributed by atoms with Crippen molar-refractivity contribution in [1.82, 2.24) is 0 Å². The van der Waals surface area contributed by atoms with E-state index in [0.29, 0.717) is 0 Å². The minimum atomic E-state index is -0.750. The van der Waals surface area contributed by atoms with Gasteiger partial charge in [0.05, 0.1) is 0 Å². The van der Waals surface area contributed by atoms with Gasteiger partial charge in [-0.2, -0.15) is 6.08 Å². The topological polar surface area (TPSA) is 63.2 Å². The Morgan fingerprint density at radius 2 is 1.29 bits per heavy atom. The van der Waals surface area contributed by atoms with E-state index >= 15 is 0 Å². The van der Waals surface area contributed by atoms with Crippen molar-refractivity contribution >= 4 is 0 Å². The first-order valence-electron chi connectivity index (χ1n) is 5.31. The van der Waals surface area contributed by atoms with Crippen molar-refractivity contribution in [1.29, 1.82) is 0 Å². The molecule has 0 amide bonds. The Hall–Kier alpha value is -0.216. The van der Waals surface area contributed by atoms with E-state index in [1.54, 1.807) is 41.5 Å². The van der Waals surface area contributed by atoms with Gasteiger partial charge < -0.3 is 10.2 Å². The second-order valence-electron chi connectivity index (χ2n) is 5.23. The molecule has 0 aromatic rings. The second kappa shape index (κ2) is 12.2. The molecule has 1 rings (SSSR count). The number of hydrogen-bond acceptors (Lipinski definition) is 3.